The van der Waals surface area contributed by atoms with Crippen molar-refractivity contribution >= 4 is 17.3 Å². The summed E-state index contributed by atoms with van der Waals surface area (Å²) in [5.41, 5.74) is 2.47. The number of ether oxygens (including phenoxy) is 2. The van der Waals surface area contributed by atoms with E-state index in [1.54, 1.807) is 35.9 Å². The molecular weight excluding hydrogens is 444 g/mol. The molecule has 4 nitrogen and oxygen atoms in total. The molecule has 0 N–H and O–H groups in total. The van der Waals surface area contributed by atoms with Crippen LogP contribution in [0, 0.1) is 11.8 Å². The molecule has 1 spiro atoms. The molecular formula is C23H16F4N2O2S. The number of thioether (sulfide) groups is 1. The molecule has 0 saturated carbocycles. The summed E-state index contributed by atoms with van der Waals surface area (Å²) in [4.78, 5) is 8.33. The number of alkyl halides is 2. The monoisotopic (exact) mass is 460 g/mol. The zero-order valence-electron chi connectivity index (χ0n) is 16.7. The standard InChI is InChI=1S/C23H16F4N2O2S/c1-22(26,27)10-30-14-8-17-20(18(24)9-14)31-19-5-4-13(15-3-2-6-28-21(15)25)7-16(19)23(17)11-32-12-29-23/h2-9,12H,10-11H2,1H3/t23-/m0/s1. The highest BCUT2D eigenvalue weighted by atomic mass is 32.2. The lowest BCUT2D eigenvalue weighted by atomic mass is 9.81. The fourth-order valence-corrected chi connectivity index (χ4v) is 4.81. The van der Waals surface area contributed by atoms with E-state index in [1.807, 2.05) is 0 Å². The Morgan fingerprint density at radius 3 is 2.72 bits per heavy atom. The molecule has 0 fully saturated rings. The first kappa shape index (κ1) is 20.8. The maximum atomic E-state index is 15.0. The van der Waals surface area contributed by atoms with Gasteiger partial charge in [0.15, 0.2) is 18.2 Å². The van der Waals surface area contributed by atoms with Crippen molar-refractivity contribution in [1.82, 2.24) is 4.98 Å². The topological polar surface area (TPSA) is 43.7 Å². The van der Waals surface area contributed by atoms with Gasteiger partial charge in [0.1, 0.15) is 17.0 Å². The molecule has 5 rings (SSSR count). The van der Waals surface area contributed by atoms with Crippen LogP contribution in [0.4, 0.5) is 17.6 Å². The summed E-state index contributed by atoms with van der Waals surface area (Å²) in [6.07, 6.45) is 1.36. The third-order valence-corrected chi connectivity index (χ3v) is 6.14. The summed E-state index contributed by atoms with van der Waals surface area (Å²) in [5.74, 6) is -3.69. The van der Waals surface area contributed by atoms with Gasteiger partial charge in [-0.3, -0.25) is 4.99 Å². The van der Waals surface area contributed by atoms with Crippen molar-refractivity contribution in [3.8, 4) is 28.4 Å². The molecule has 0 unspecified atom stereocenters. The van der Waals surface area contributed by atoms with Crippen LogP contribution in [0.5, 0.6) is 17.2 Å². The van der Waals surface area contributed by atoms with Crippen LogP contribution < -0.4 is 9.47 Å². The smallest absolute Gasteiger partial charge is 0.278 e. The van der Waals surface area contributed by atoms with Gasteiger partial charge in [-0.05, 0) is 35.9 Å². The minimum Gasteiger partial charge on any atom is -0.487 e. The number of hydrogen-bond acceptors (Lipinski definition) is 5. The Bertz CT molecular complexity index is 1250. The lowest BCUT2D eigenvalue weighted by molar-refractivity contribution is -0.0231. The average Bonchev–Trinajstić information content (AvgIpc) is 3.24. The highest BCUT2D eigenvalue weighted by Gasteiger charge is 2.45. The summed E-state index contributed by atoms with van der Waals surface area (Å²) >= 11 is 1.42. The SMILES string of the molecule is CC(F)(F)COc1cc(F)c2c(c1)[C@]1(CSC=N1)c1cc(-c3cccnc3F)ccc1O2. The van der Waals surface area contributed by atoms with Gasteiger partial charge in [-0.2, -0.15) is 4.39 Å². The molecule has 2 aliphatic rings. The van der Waals surface area contributed by atoms with Crippen molar-refractivity contribution in [1.29, 1.82) is 0 Å². The second-order valence-electron chi connectivity index (χ2n) is 7.70. The second-order valence-corrected chi connectivity index (χ2v) is 8.53. The Hall–Kier alpha value is -3.07. The van der Waals surface area contributed by atoms with Gasteiger partial charge in [0, 0.05) is 41.6 Å². The predicted molar refractivity (Wildman–Crippen MR) is 114 cm³/mol. The normalized spacial score (nSPS) is 18.9. The van der Waals surface area contributed by atoms with Crippen LogP contribution >= 0.6 is 11.8 Å². The molecule has 3 aromatic rings. The number of nitrogens with zero attached hydrogens (tertiary/aromatic N) is 2. The predicted octanol–water partition coefficient (Wildman–Crippen LogP) is 6.19. The fraction of sp³-hybridized carbons (Fsp3) is 0.217. The van der Waals surface area contributed by atoms with Gasteiger partial charge in [0.2, 0.25) is 5.95 Å². The maximum Gasteiger partial charge on any atom is 0.278 e. The van der Waals surface area contributed by atoms with E-state index in [1.165, 1.54) is 24.0 Å². The lowest BCUT2D eigenvalue weighted by Crippen LogP contribution is -2.30. The minimum atomic E-state index is -3.07. The lowest BCUT2D eigenvalue weighted by Gasteiger charge is -2.35. The Kier molecular flexibility index (Phi) is 4.88. The van der Waals surface area contributed by atoms with Crippen LogP contribution in [0.1, 0.15) is 18.1 Å². The van der Waals surface area contributed by atoms with E-state index in [4.69, 9.17) is 9.47 Å². The van der Waals surface area contributed by atoms with E-state index >= 15 is 0 Å². The van der Waals surface area contributed by atoms with Crippen LogP contribution in [-0.4, -0.2) is 28.8 Å². The molecule has 0 radical (unpaired) electrons. The summed E-state index contributed by atoms with van der Waals surface area (Å²) < 4.78 is 66.8. The van der Waals surface area contributed by atoms with Gasteiger partial charge < -0.3 is 9.47 Å². The fourth-order valence-electron chi connectivity index (χ4n) is 3.86. The molecule has 164 valence electrons. The highest BCUT2D eigenvalue weighted by molar-refractivity contribution is 8.12. The number of aromatic nitrogens is 1. The number of pyridine rings is 1. The molecule has 0 aliphatic carbocycles. The van der Waals surface area contributed by atoms with E-state index in [0.717, 1.165) is 13.0 Å². The quantitative estimate of drug-likeness (QED) is 0.344. The van der Waals surface area contributed by atoms with Gasteiger partial charge in [0.25, 0.3) is 5.92 Å². The molecule has 1 atom stereocenters. The number of halogens is 4. The highest BCUT2D eigenvalue weighted by Crippen LogP contribution is 2.54. The van der Waals surface area contributed by atoms with Crippen LogP contribution in [-0.2, 0) is 5.54 Å². The minimum absolute atomic E-state index is 0.0342. The molecule has 9 heteroatoms. The van der Waals surface area contributed by atoms with E-state index in [2.05, 4.69) is 9.98 Å². The average molecular weight is 460 g/mol. The maximum absolute atomic E-state index is 15.0. The van der Waals surface area contributed by atoms with Crippen LogP contribution in [0.2, 0.25) is 0 Å². The van der Waals surface area contributed by atoms with Crippen LogP contribution in [0.15, 0.2) is 53.7 Å². The largest absolute Gasteiger partial charge is 0.487 e. The first-order valence-corrected chi connectivity index (χ1v) is 10.7. The molecule has 0 amide bonds. The first-order chi connectivity index (χ1) is 15.3. The van der Waals surface area contributed by atoms with Crippen molar-refractivity contribution in [3.63, 3.8) is 0 Å². The molecule has 3 heterocycles. The zero-order valence-corrected chi connectivity index (χ0v) is 17.6. The van der Waals surface area contributed by atoms with Crippen molar-refractivity contribution < 1.29 is 27.0 Å². The van der Waals surface area contributed by atoms with Gasteiger partial charge in [-0.1, -0.05) is 6.07 Å². The van der Waals surface area contributed by atoms with Crippen molar-refractivity contribution in [2.45, 2.75) is 18.4 Å². The van der Waals surface area contributed by atoms with Crippen molar-refractivity contribution in [2.24, 2.45) is 4.99 Å². The van der Waals surface area contributed by atoms with E-state index in [-0.39, 0.29) is 11.5 Å². The van der Waals surface area contributed by atoms with Crippen LogP contribution in [0.25, 0.3) is 11.1 Å². The Labute approximate surface area is 185 Å². The number of hydrogen-bond donors (Lipinski definition) is 0. The molecule has 2 aromatic carbocycles. The molecule has 0 bridgehead atoms. The van der Waals surface area contributed by atoms with Crippen molar-refractivity contribution in [3.05, 3.63) is 71.6 Å². The van der Waals surface area contributed by atoms with Gasteiger partial charge >= 0.3 is 0 Å². The summed E-state index contributed by atoms with van der Waals surface area (Å²) in [6, 6.07) is 10.8. The Balaban J connectivity index is 1.65. The number of fused-ring (bicyclic) bond motifs is 4. The third kappa shape index (κ3) is 3.50. The molecule has 2 aliphatic heterocycles. The summed E-state index contributed by atoms with van der Waals surface area (Å²) in [7, 11) is 0. The van der Waals surface area contributed by atoms with E-state index in [0.29, 0.717) is 33.8 Å². The summed E-state index contributed by atoms with van der Waals surface area (Å²) in [5, 5.41) is 0. The Morgan fingerprint density at radius 1 is 1.16 bits per heavy atom. The number of benzene rings is 2. The Morgan fingerprint density at radius 2 is 2.00 bits per heavy atom. The molecule has 0 saturated heterocycles. The van der Waals surface area contributed by atoms with Crippen molar-refractivity contribution in [2.75, 3.05) is 12.4 Å². The first-order valence-electron chi connectivity index (χ1n) is 9.70. The third-order valence-electron chi connectivity index (χ3n) is 5.30. The van der Waals surface area contributed by atoms with Crippen LogP contribution in [0.3, 0.4) is 0 Å². The van der Waals surface area contributed by atoms with E-state index < -0.39 is 29.8 Å². The molecule has 1 aromatic heterocycles. The zero-order chi connectivity index (χ0) is 22.5. The van der Waals surface area contributed by atoms with E-state index in [9.17, 15) is 17.6 Å². The van der Waals surface area contributed by atoms with Gasteiger partial charge in [-0.15, -0.1) is 11.8 Å². The summed E-state index contributed by atoms with van der Waals surface area (Å²) in [6.45, 7) is -0.169. The van der Waals surface area contributed by atoms with Gasteiger partial charge in [0.05, 0.1) is 5.55 Å². The van der Waals surface area contributed by atoms with Gasteiger partial charge in [-0.25, -0.2) is 18.2 Å². The number of aliphatic imine (C=N–C) groups is 1. The molecule has 32 heavy (non-hydrogen) atoms. The second kappa shape index (κ2) is 7.51. The number of rotatable bonds is 4.